The molecule has 1 aliphatic rings. The second-order valence-electron chi connectivity index (χ2n) is 6.28. The fraction of sp³-hybridized carbons (Fsp3) is 0.400. The van der Waals surface area contributed by atoms with Crippen molar-refractivity contribution in [1.29, 1.82) is 0 Å². The van der Waals surface area contributed by atoms with Gasteiger partial charge in [-0.05, 0) is 56.9 Å². The molecule has 22 heavy (non-hydrogen) atoms. The van der Waals surface area contributed by atoms with E-state index in [2.05, 4.69) is 80.0 Å². The van der Waals surface area contributed by atoms with Gasteiger partial charge in [0.2, 0.25) is 0 Å². The number of rotatable bonds is 5. The fourth-order valence-corrected chi connectivity index (χ4v) is 7.08. The van der Waals surface area contributed by atoms with Crippen LogP contribution in [-0.2, 0) is 0 Å². The van der Waals surface area contributed by atoms with Crippen molar-refractivity contribution in [3.05, 3.63) is 60.7 Å². The van der Waals surface area contributed by atoms with Crippen LogP contribution in [0.15, 0.2) is 60.7 Å². The Morgan fingerprint density at radius 1 is 0.909 bits per heavy atom. The molecule has 0 aromatic heterocycles. The van der Waals surface area contributed by atoms with E-state index >= 15 is 0 Å². The number of hydrogen-bond donors (Lipinski definition) is 1. The molecule has 0 spiro atoms. The first kappa shape index (κ1) is 15.7. The maximum atomic E-state index is 3.51. The Morgan fingerprint density at radius 3 is 1.95 bits per heavy atom. The number of hydrogen-bond acceptors (Lipinski definition) is 1. The second-order valence-corrected chi connectivity index (χ2v) is 8.72. The molecule has 2 heteroatoms. The predicted molar refractivity (Wildman–Crippen MR) is 98.7 cm³/mol. The normalized spacial score (nSPS) is 22.9. The van der Waals surface area contributed by atoms with Crippen LogP contribution in [0.25, 0.3) is 0 Å². The van der Waals surface area contributed by atoms with Crippen LogP contribution in [0, 0.1) is 5.92 Å². The summed E-state index contributed by atoms with van der Waals surface area (Å²) in [6, 6.07) is 23.0. The largest absolute Gasteiger partial charge is 0.317 e. The van der Waals surface area contributed by atoms with Crippen LogP contribution in [0.4, 0.5) is 0 Å². The van der Waals surface area contributed by atoms with Gasteiger partial charge in [0.25, 0.3) is 0 Å². The molecule has 2 aromatic carbocycles. The summed E-state index contributed by atoms with van der Waals surface area (Å²) in [6.07, 6.45) is 4.11. The van der Waals surface area contributed by atoms with Crippen LogP contribution >= 0.6 is 7.92 Å². The van der Waals surface area contributed by atoms with Crippen molar-refractivity contribution in [2.45, 2.75) is 37.9 Å². The van der Waals surface area contributed by atoms with Gasteiger partial charge in [0, 0.05) is 6.04 Å². The maximum absolute atomic E-state index is 3.51. The molecule has 3 atom stereocenters. The van der Waals surface area contributed by atoms with E-state index in [1.165, 1.54) is 29.9 Å². The zero-order valence-electron chi connectivity index (χ0n) is 13.6. The van der Waals surface area contributed by atoms with Gasteiger partial charge in [-0.2, -0.15) is 0 Å². The Labute approximate surface area is 135 Å². The summed E-state index contributed by atoms with van der Waals surface area (Å²) in [5.74, 6) is 0.788. The van der Waals surface area contributed by atoms with E-state index in [1.807, 2.05) is 0 Å². The summed E-state index contributed by atoms with van der Waals surface area (Å²) >= 11 is 0. The maximum Gasteiger partial charge on any atom is 0.00702 e. The molecule has 2 aromatic rings. The van der Waals surface area contributed by atoms with Crippen LogP contribution in [0.5, 0.6) is 0 Å². The second kappa shape index (κ2) is 7.40. The molecule has 0 aliphatic heterocycles. The van der Waals surface area contributed by atoms with E-state index in [9.17, 15) is 0 Å². The van der Waals surface area contributed by atoms with E-state index in [1.54, 1.807) is 0 Å². The predicted octanol–water partition coefficient (Wildman–Crippen LogP) is 3.90. The summed E-state index contributed by atoms with van der Waals surface area (Å²) in [6.45, 7) is 2.35. The highest BCUT2D eigenvalue weighted by Crippen LogP contribution is 2.50. The van der Waals surface area contributed by atoms with Crippen LogP contribution < -0.4 is 15.9 Å². The minimum absolute atomic E-state index is 0.269. The Balaban J connectivity index is 1.99. The van der Waals surface area contributed by atoms with Gasteiger partial charge < -0.3 is 5.32 Å². The molecule has 0 amide bonds. The van der Waals surface area contributed by atoms with Crippen molar-refractivity contribution in [1.82, 2.24) is 5.32 Å². The van der Waals surface area contributed by atoms with Crippen molar-refractivity contribution in [3.63, 3.8) is 0 Å². The minimum Gasteiger partial charge on any atom is -0.317 e. The van der Waals surface area contributed by atoms with Gasteiger partial charge in [-0.15, -0.1) is 0 Å². The molecule has 0 bridgehead atoms. The van der Waals surface area contributed by atoms with Crippen molar-refractivity contribution < 1.29 is 0 Å². The first-order chi connectivity index (χ1) is 10.8. The highest BCUT2D eigenvalue weighted by molar-refractivity contribution is 7.73. The van der Waals surface area contributed by atoms with Crippen LogP contribution in [0.3, 0.4) is 0 Å². The highest BCUT2D eigenvalue weighted by atomic mass is 31.1. The van der Waals surface area contributed by atoms with Crippen LogP contribution in [0.1, 0.15) is 26.2 Å². The van der Waals surface area contributed by atoms with Crippen molar-refractivity contribution >= 4 is 18.5 Å². The van der Waals surface area contributed by atoms with Gasteiger partial charge in [-0.1, -0.05) is 67.1 Å². The first-order valence-electron chi connectivity index (χ1n) is 8.38. The molecule has 1 fully saturated rings. The lowest BCUT2D eigenvalue weighted by atomic mass is 10.00. The van der Waals surface area contributed by atoms with Crippen LogP contribution in [-0.4, -0.2) is 18.7 Å². The van der Waals surface area contributed by atoms with Gasteiger partial charge in [0.05, 0.1) is 0 Å². The van der Waals surface area contributed by atoms with Gasteiger partial charge in [-0.25, -0.2) is 0 Å². The molecule has 0 radical (unpaired) electrons. The third kappa shape index (κ3) is 3.26. The average molecular weight is 311 g/mol. The molecule has 1 N–H and O–H groups in total. The van der Waals surface area contributed by atoms with Crippen molar-refractivity contribution in [2.75, 3.05) is 7.05 Å². The average Bonchev–Trinajstić information content (AvgIpc) is 3.06. The molecule has 3 unspecified atom stereocenters. The van der Waals surface area contributed by atoms with E-state index < -0.39 is 0 Å². The molecule has 0 heterocycles. The van der Waals surface area contributed by atoms with Crippen molar-refractivity contribution in [3.8, 4) is 0 Å². The molecule has 1 aliphatic carbocycles. The molecular weight excluding hydrogens is 285 g/mol. The van der Waals surface area contributed by atoms with Crippen molar-refractivity contribution in [2.24, 2.45) is 5.92 Å². The fourth-order valence-electron chi connectivity index (χ4n) is 3.80. The third-order valence-corrected chi connectivity index (χ3v) is 8.04. The van der Waals surface area contributed by atoms with Gasteiger partial charge in [0.1, 0.15) is 0 Å². The standard InChI is InChI=1S/C20H26NP/c1-16(21-2)19-14-9-15-20(19)22(17-10-5-3-6-11-17)18-12-7-4-8-13-18/h3-8,10-13,16,19-21H,9,14-15H2,1-2H3. The zero-order chi connectivity index (χ0) is 15.4. The summed E-state index contributed by atoms with van der Waals surface area (Å²) in [7, 11) is 1.84. The lowest BCUT2D eigenvalue weighted by molar-refractivity contribution is 0.410. The topological polar surface area (TPSA) is 12.0 Å². The molecule has 116 valence electrons. The van der Waals surface area contributed by atoms with Gasteiger partial charge in [-0.3, -0.25) is 0 Å². The van der Waals surface area contributed by atoms with E-state index in [0.29, 0.717) is 6.04 Å². The SMILES string of the molecule is CNC(C)C1CCCC1P(c1ccccc1)c1ccccc1. The van der Waals surface area contributed by atoms with Gasteiger partial charge >= 0.3 is 0 Å². The quantitative estimate of drug-likeness (QED) is 0.826. The Morgan fingerprint density at radius 2 is 1.45 bits per heavy atom. The van der Waals surface area contributed by atoms with E-state index in [-0.39, 0.29) is 7.92 Å². The van der Waals surface area contributed by atoms with E-state index in [4.69, 9.17) is 0 Å². The molecule has 1 saturated carbocycles. The summed E-state index contributed by atoms with van der Waals surface area (Å²) in [5.41, 5.74) is 0.794. The van der Waals surface area contributed by atoms with E-state index in [0.717, 1.165) is 11.6 Å². The number of nitrogens with one attached hydrogen (secondary N) is 1. The Kier molecular flexibility index (Phi) is 5.28. The molecule has 1 nitrogen and oxygen atoms in total. The smallest absolute Gasteiger partial charge is 0.00702 e. The number of benzene rings is 2. The summed E-state index contributed by atoms with van der Waals surface area (Å²) < 4.78 is 0. The molecule has 3 rings (SSSR count). The summed E-state index contributed by atoms with van der Waals surface area (Å²) in [4.78, 5) is 0. The minimum atomic E-state index is -0.269. The zero-order valence-corrected chi connectivity index (χ0v) is 14.5. The Bertz CT molecular complexity index is 529. The van der Waals surface area contributed by atoms with Gasteiger partial charge in [0.15, 0.2) is 0 Å². The highest BCUT2D eigenvalue weighted by Gasteiger charge is 2.37. The Hall–Kier alpha value is -1.17. The molecular formula is C20H26NP. The first-order valence-corrected chi connectivity index (χ1v) is 9.79. The van der Waals surface area contributed by atoms with Crippen LogP contribution in [0.2, 0.25) is 0 Å². The lowest BCUT2D eigenvalue weighted by Crippen LogP contribution is -2.36. The third-order valence-electron chi connectivity index (χ3n) is 5.03. The summed E-state index contributed by atoms with van der Waals surface area (Å²) in [5, 5.41) is 6.57. The molecule has 0 saturated heterocycles. The lowest BCUT2D eigenvalue weighted by Gasteiger charge is -2.33. The monoisotopic (exact) mass is 311 g/mol.